The number of benzene rings is 2. The van der Waals surface area contributed by atoms with Crippen molar-refractivity contribution in [3.63, 3.8) is 0 Å². The molecule has 0 aliphatic heterocycles. The van der Waals surface area contributed by atoms with Crippen LogP contribution in [-0.4, -0.2) is 0 Å². The topological polar surface area (TPSA) is 47.6 Å². The fraction of sp³-hybridized carbons (Fsp3) is 0. The number of hydrogen-bond donors (Lipinski definition) is 0. The Morgan fingerprint density at radius 2 is 1.11 bits per heavy atom. The molecule has 0 N–H and O–H groups in total. The molecule has 0 fully saturated rings. The molecule has 0 aliphatic rings. The summed E-state index contributed by atoms with van der Waals surface area (Å²) in [6.45, 7) is 0. The van der Waals surface area contributed by atoms with Crippen LogP contribution in [0.4, 0.5) is 0 Å². The van der Waals surface area contributed by atoms with Crippen LogP contribution in [0.25, 0.3) is 0 Å². The van der Waals surface area contributed by atoms with Crippen LogP contribution in [0.15, 0.2) is 48.5 Å². The Balaban J connectivity index is 0.00000162. The van der Waals surface area contributed by atoms with E-state index in [9.17, 15) is 0 Å². The summed E-state index contributed by atoms with van der Waals surface area (Å²) in [4.78, 5) is 0. The van der Waals surface area contributed by atoms with Crippen LogP contribution in [-0.2, 0) is 18.0 Å². The minimum absolute atomic E-state index is 0. The third-order valence-electron chi connectivity index (χ3n) is 2.11. The predicted octanol–water partition coefficient (Wildman–Crippen LogP) is 1.89. The Morgan fingerprint density at radius 3 is 1.50 bits per heavy atom. The summed E-state index contributed by atoms with van der Waals surface area (Å²) in [5.41, 5.74) is 1.38. The maximum absolute atomic E-state index is 9.02. The normalized spacial score (nSPS) is 9.00. The standard InChI is InChI=1S/2C7H4N.ClH.Pd/c2*8-6-7-4-2-1-3-5-7;;/h2*1-4H;1H;. The molecule has 0 bridgehead atoms. The van der Waals surface area contributed by atoms with E-state index in [0.717, 1.165) is 8.07 Å². The summed E-state index contributed by atoms with van der Waals surface area (Å²) < 4.78 is 2.01. The van der Waals surface area contributed by atoms with E-state index in [1.54, 1.807) is 0 Å². The van der Waals surface area contributed by atoms with Gasteiger partial charge in [0.05, 0.1) is 0 Å². The van der Waals surface area contributed by atoms with Crippen LogP contribution in [0.1, 0.15) is 11.1 Å². The van der Waals surface area contributed by atoms with E-state index >= 15 is 0 Å². The first-order valence-electron chi connectivity index (χ1n) is 4.92. The van der Waals surface area contributed by atoms with E-state index < -0.39 is 0 Å². The molecule has 0 amide bonds. The molecular formula is C14H9ClN2Pd. The Hall–Kier alpha value is -1.63. The van der Waals surface area contributed by atoms with Crippen molar-refractivity contribution in [2.75, 3.05) is 0 Å². The monoisotopic (exact) mass is 346 g/mol. The molecule has 0 spiro atoms. The van der Waals surface area contributed by atoms with E-state index in [4.69, 9.17) is 10.5 Å². The molecule has 2 aromatic rings. The van der Waals surface area contributed by atoms with Crippen LogP contribution in [0, 0.1) is 22.7 Å². The summed E-state index contributed by atoms with van der Waals surface area (Å²) in [6.07, 6.45) is 0. The molecule has 0 aromatic heterocycles. The van der Waals surface area contributed by atoms with E-state index in [1.807, 2.05) is 48.5 Å². The third kappa shape index (κ3) is 3.19. The Labute approximate surface area is 120 Å². The van der Waals surface area contributed by atoms with Crippen molar-refractivity contribution in [1.29, 1.82) is 10.5 Å². The number of hydrogen-bond acceptors (Lipinski definition) is 2. The number of rotatable bonds is 2. The van der Waals surface area contributed by atoms with Gasteiger partial charge in [-0.1, -0.05) is 0 Å². The van der Waals surface area contributed by atoms with Crippen LogP contribution in [0.2, 0.25) is 0 Å². The van der Waals surface area contributed by atoms with Crippen molar-refractivity contribution in [2.24, 2.45) is 0 Å². The average molecular weight is 347 g/mol. The molecule has 2 nitrogen and oxygen atoms in total. The molecule has 2 aromatic carbocycles. The molecular weight excluding hydrogens is 338 g/mol. The van der Waals surface area contributed by atoms with Crippen LogP contribution >= 0.6 is 12.4 Å². The van der Waals surface area contributed by atoms with E-state index in [-0.39, 0.29) is 30.4 Å². The molecule has 0 atom stereocenters. The molecule has 92 valence electrons. The van der Waals surface area contributed by atoms with Crippen molar-refractivity contribution in [2.45, 2.75) is 0 Å². The summed E-state index contributed by atoms with van der Waals surface area (Å²) in [7, 11) is 0. The maximum atomic E-state index is 9.02. The summed E-state index contributed by atoms with van der Waals surface area (Å²) in [5, 5.41) is 18.0. The first kappa shape index (κ1) is 14.4. The second-order valence-electron chi connectivity index (χ2n) is 3.20. The predicted molar refractivity (Wildman–Crippen MR) is 68.8 cm³/mol. The molecule has 4 heteroatoms. The van der Waals surface area contributed by atoms with E-state index in [2.05, 4.69) is 12.1 Å². The Bertz CT molecular complexity index is 571. The zero-order valence-corrected chi connectivity index (χ0v) is 11.6. The summed E-state index contributed by atoms with van der Waals surface area (Å²) in [5.74, 6) is 0. The zero-order valence-electron chi connectivity index (χ0n) is 9.24. The van der Waals surface area contributed by atoms with Crippen molar-refractivity contribution < 1.29 is 18.0 Å². The summed E-state index contributed by atoms with van der Waals surface area (Å²) >= 11 is 0.123. The number of nitriles is 2. The fourth-order valence-electron chi connectivity index (χ4n) is 1.30. The molecule has 0 heterocycles. The second kappa shape index (κ2) is 6.95. The first-order chi connectivity index (χ1) is 8.35. The Kier molecular flexibility index (Phi) is 5.57. The van der Waals surface area contributed by atoms with Gasteiger partial charge in [-0.25, -0.2) is 0 Å². The van der Waals surface area contributed by atoms with Gasteiger partial charge in [0.1, 0.15) is 0 Å². The molecule has 0 radical (unpaired) electrons. The van der Waals surface area contributed by atoms with Crippen LogP contribution in [0.5, 0.6) is 0 Å². The van der Waals surface area contributed by atoms with Gasteiger partial charge in [0, 0.05) is 0 Å². The molecule has 2 rings (SSSR count). The first-order valence-corrected chi connectivity index (χ1v) is 6.47. The quantitative estimate of drug-likeness (QED) is 0.779. The van der Waals surface area contributed by atoms with Gasteiger partial charge in [0.25, 0.3) is 0 Å². The number of halogens is 1. The number of nitrogens with zero attached hydrogens (tertiary/aromatic N) is 2. The molecule has 0 saturated carbocycles. The Morgan fingerprint density at radius 1 is 0.722 bits per heavy atom. The van der Waals surface area contributed by atoms with Crippen molar-refractivity contribution >= 4 is 20.5 Å². The van der Waals surface area contributed by atoms with Gasteiger partial charge in [-0.2, -0.15) is 0 Å². The molecule has 0 unspecified atom stereocenters. The molecule has 18 heavy (non-hydrogen) atoms. The van der Waals surface area contributed by atoms with Crippen molar-refractivity contribution in [3.8, 4) is 12.1 Å². The van der Waals surface area contributed by atoms with Gasteiger partial charge < -0.3 is 0 Å². The van der Waals surface area contributed by atoms with E-state index in [0.29, 0.717) is 11.1 Å². The van der Waals surface area contributed by atoms with Gasteiger partial charge in [0.15, 0.2) is 0 Å². The van der Waals surface area contributed by atoms with Crippen molar-refractivity contribution in [1.82, 2.24) is 0 Å². The van der Waals surface area contributed by atoms with E-state index in [1.165, 1.54) is 0 Å². The third-order valence-corrected chi connectivity index (χ3v) is 4.30. The van der Waals surface area contributed by atoms with Gasteiger partial charge in [-0.15, -0.1) is 12.4 Å². The average Bonchev–Trinajstić information content (AvgIpc) is 2.40. The minimum atomic E-state index is 0. The van der Waals surface area contributed by atoms with Gasteiger partial charge in [0.2, 0.25) is 0 Å². The zero-order chi connectivity index (χ0) is 12.1. The van der Waals surface area contributed by atoms with Gasteiger partial charge in [-0.05, 0) is 0 Å². The second-order valence-corrected chi connectivity index (χ2v) is 5.26. The summed E-state index contributed by atoms with van der Waals surface area (Å²) in [6, 6.07) is 19.4. The van der Waals surface area contributed by atoms with Crippen LogP contribution < -0.4 is 8.07 Å². The molecule has 0 aliphatic carbocycles. The fourth-order valence-corrected chi connectivity index (χ4v) is 3.17. The SMILES string of the molecule is Cl.N#Cc1cccc[c]1[Pd][c]1ccccc1C#N. The van der Waals surface area contributed by atoms with Gasteiger partial charge in [-0.3, -0.25) is 0 Å². The van der Waals surface area contributed by atoms with Gasteiger partial charge >= 0.3 is 108 Å². The molecule has 0 saturated heterocycles. The van der Waals surface area contributed by atoms with Crippen molar-refractivity contribution in [3.05, 3.63) is 59.7 Å². The van der Waals surface area contributed by atoms with Crippen LogP contribution in [0.3, 0.4) is 0 Å².